The Morgan fingerprint density at radius 3 is 3.11 bits per heavy atom. The molecule has 1 aliphatic rings. The molecule has 18 heavy (non-hydrogen) atoms. The first-order valence-electron chi connectivity index (χ1n) is 6.62. The summed E-state index contributed by atoms with van der Waals surface area (Å²) in [5, 5.41) is 12.4. The van der Waals surface area contributed by atoms with Gasteiger partial charge in [-0.2, -0.15) is 5.26 Å². The zero-order chi connectivity index (χ0) is 12.8. The van der Waals surface area contributed by atoms with E-state index in [4.69, 9.17) is 10.00 Å². The lowest BCUT2D eigenvalue weighted by Gasteiger charge is -2.15. The van der Waals surface area contributed by atoms with E-state index in [1.54, 1.807) is 0 Å². The predicted molar refractivity (Wildman–Crippen MR) is 71.4 cm³/mol. The predicted octanol–water partition coefficient (Wildman–Crippen LogP) is 2.66. The molecular weight excluding hydrogens is 224 g/mol. The van der Waals surface area contributed by atoms with Crippen LogP contribution in [0.25, 0.3) is 0 Å². The van der Waals surface area contributed by atoms with E-state index in [2.05, 4.69) is 24.4 Å². The van der Waals surface area contributed by atoms with Crippen molar-refractivity contribution >= 4 is 0 Å². The number of benzene rings is 1. The zero-order valence-electron chi connectivity index (χ0n) is 10.9. The van der Waals surface area contributed by atoms with Crippen molar-refractivity contribution in [3.05, 3.63) is 29.8 Å². The van der Waals surface area contributed by atoms with E-state index in [1.165, 1.54) is 5.56 Å². The Balaban J connectivity index is 1.69. The van der Waals surface area contributed by atoms with Crippen LogP contribution < -0.4 is 10.1 Å². The summed E-state index contributed by atoms with van der Waals surface area (Å²) < 4.78 is 5.67. The summed E-state index contributed by atoms with van der Waals surface area (Å²) >= 11 is 0. The number of rotatable bonds is 5. The van der Waals surface area contributed by atoms with Gasteiger partial charge in [0.05, 0.1) is 12.0 Å². The summed E-state index contributed by atoms with van der Waals surface area (Å²) in [6, 6.07) is 10.8. The maximum atomic E-state index is 8.98. The number of nitriles is 1. The molecule has 0 heterocycles. The van der Waals surface area contributed by atoms with Gasteiger partial charge in [-0.3, -0.25) is 0 Å². The molecule has 0 radical (unpaired) electrons. The second-order valence-corrected chi connectivity index (χ2v) is 4.89. The summed E-state index contributed by atoms with van der Waals surface area (Å²) in [6.07, 6.45) is 3.31. The average molecular weight is 244 g/mol. The highest BCUT2D eigenvalue weighted by molar-refractivity contribution is 5.27. The molecule has 0 saturated heterocycles. The molecule has 96 valence electrons. The molecule has 2 atom stereocenters. The van der Waals surface area contributed by atoms with E-state index in [-0.39, 0.29) is 5.92 Å². The van der Waals surface area contributed by atoms with Gasteiger partial charge >= 0.3 is 0 Å². The van der Waals surface area contributed by atoms with Crippen LogP contribution in [0.15, 0.2) is 24.3 Å². The molecule has 3 nitrogen and oxygen atoms in total. The molecule has 1 fully saturated rings. The topological polar surface area (TPSA) is 45.0 Å². The van der Waals surface area contributed by atoms with E-state index in [1.807, 2.05) is 18.2 Å². The summed E-state index contributed by atoms with van der Waals surface area (Å²) in [6.45, 7) is 3.51. The SMILES string of the molecule is Cc1cccc(OCCNC2CCCC2C#N)c1. The quantitative estimate of drug-likeness (QED) is 0.810. The Kier molecular flexibility index (Phi) is 4.60. The lowest BCUT2D eigenvalue weighted by atomic mass is 10.1. The molecule has 2 rings (SSSR count). The zero-order valence-corrected chi connectivity index (χ0v) is 10.9. The van der Waals surface area contributed by atoms with Crippen LogP contribution in [0.2, 0.25) is 0 Å². The van der Waals surface area contributed by atoms with Crippen molar-refractivity contribution in [1.29, 1.82) is 5.26 Å². The van der Waals surface area contributed by atoms with E-state index in [9.17, 15) is 0 Å². The molecule has 1 aromatic carbocycles. The molecule has 1 N–H and O–H groups in total. The molecule has 0 aromatic heterocycles. The van der Waals surface area contributed by atoms with E-state index in [0.29, 0.717) is 12.6 Å². The Morgan fingerprint density at radius 2 is 2.33 bits per heavy atom. The van der Waals surface area contributed by atoms with Gasteiger partial charge in [-0.25, -0.2) is 0 Å². The van der Waals surface area contributed by atoms with Crippen molar-refractivity contribution in [2.24, 2.45) is 5.92 Å². The third kappa shape index (κ3) is 3.48. The van der Waals surface area contributed by atoms with Gasteiger partial charge in [0, 0.05) is 12.6 Å². The van der Waals surface area contributed by atoms with Crippen molar-refractivity contribution in [1.82, 2.24) is 5.32 Å². The van der Waals surface area contributed by atoms with Gasteiger partial charge in [0.25, 0.3) is 0 Å². The molecule has 0 bridgehead atoms. The number of ether oxygens (including phenoxy) is 1. The van der Waals surface area contributed by atoms with Gasteiger partial charge in [-0.15, -0.1) is 0 Å². The maximum absolute atomic E-state index is 8.98. The standard InChI is InChI=1S/C15H20N2O/c1-12-4-2-6-14(10-12)18-9-8-17-15-7-3-5-13(15)11-16/h2,4,6,10,13,15,17H,3,5,7-9H2,1H3. The fraction of sp³-hybridized carbons (Fsp3) is 0.533. The molecular formula is C15H20N2O. The van der Waals surface area contributed by atoms with E-state index < -0.39 is 0 Å². The molecule has 2 unspecified atom stereocenters. The number of hydrogen-bond acceptors (Lipinski definition) is 3. The lowest BCUT2D eigenvalue weighted by molar-refractivity contribution is 0.300. The number of hydrogen-bond donors (Lipinski definition) is 1. The van der Waals surface area contributed by atoms with Crippen molar-refractivity contribution in [3.63, 3.8) is 0 Å². The Labute approximate surface area is 109 Å². The van der Waals surface area contributed by atoms with Crippen LogP contribution in [0, 0.1) is 24.2 Å². The third-order valence-corrected chi connectivity index (χ3v) is 3.45. The largest absolute Gasteiger partial charge is 0.492 e. The number of nitrogens with one attached hydrogen (secondary N) is 1. The van der Waals surface area contributed by atoms with Crippen LogP contribution in [0.3, 0.4) is 0 Å². The second kappa shape index (κ2) is 6.42. The summed E-state index contributed by atoms with van der Waals surface area (Å²) in [4.78, 5) is 0. The smallest absolute Gasteiger partial charge is 0.119 e. The van der Waals surface area contributed by atoms with Crippen LogP contribution in [0.4, 0.5) is 0 Å². The van der Waals surface area contributed by atoms with Gasteiger partial charge in [0.1, 0.15) is 12.4 Å². The Hall–Kier alpha value is -1.53. The molecule has 1 aliphatic carbocycles. The Morgan fingerprint density at radius 1 is 1.44 bits per heavy atom. The highest BCUT2D eigenvalue weighted by Gasteiger charge is 2.26. The van der Waals surface area contributed by atoms with Crippen molar-refractivity contribution in [2.75, 3.05) is 13.2 Å². The van der Waals surface area contributed by atoms with Crippen molar-refractivity contribution in [2.45, 2.75) is 32.2 Å². The first-order valence-corrected chi connectivity index (χ1v) is 6.62. The van der Waals surface area contributed by atoms with Crippen LogP contribution in [-0.4, -0.2) is 19.2 Å². The van der Waals surface area contributed by atoms with Gasteiger partial charge in [-0.1, -0.05) is 18.6 Å². The minimum atomic E-state index is 0.184. The van der Waals surface area contributed by atoms with E-state index in [0.717, 1.165) is 31.6 Å². The molecule has 0 spiro atoms. The minimum Gasteiger partial charge on any atom is -0.492 e. The molecule has 0 aliphatic heterocycles. The number of aryl methyl sites for hydroxylation is 1. The monoisotopic (exact) mass is 244 g/mol. The summed E-state index contributed by atoms with van der Waals surface area (Å²) in [7, 11) is 0. The highest BCUT2D eigenvalue weighted by Crippen LogP contribution is 2.24. The first-order chi connectivity index (χ1) is 8.79. The fourth-order valence-corrected chi connectivity index (χ4v) is 2.48. The first kappa shape index (κ1) is 12.9. The maximum Gasteiger partial charge on any atom is 0.119 e. The lowest BCUT2D eigenvalue weighted by Crippen LogP contribution is -2.34. The minimum absolute atomic E-state index is 0.184. The summed E-state index contributed by atoms with van der Waals surface area (Å²) in [5.74, 6) is 1.10. The van der Waals surface area contributed by atoms with E-state index >= 15 is 0 Å². The summed E-state index contributed by atoms with van der Waals surface area (Å²) in [5.41, 5.74) is 1.21. The molecule has 1 saturated carbocycles. The fourth-order valence-electron chi connectivity index (χ4n) is 2.48. The molecule has 3 heteroatoms. The van der Waals surface area contributed by atoms with Crippen molar-refractivity contribution in [3.8, 4) is 11.8 Å². The average Bonchev–Trinajstić information content (AvgIpc) is 2.82. The van der Waals surface area contributed by atoms with Crippen LogP contribution >= 0.6 is 0 Å². The van der Waals surface area contributed by atoms with Crippen LogP contribution in [-0.2, 0) is 0 Å². The second-order valence-electron chi connectivity index (χ2n) is 4.89. The Bertz CT molecular complexity index is 425. The van der Waals surface area contributed by atoms with Gasteiger partial charge in [0.2, 0.25) is 0 Å². The van der Waals surface area contributed by atoms with Gasteiger partial charge < -0.3 is 10.1 Å². The number of nitrogens with zero attached hydrogens (tertiary/aromatic N) is 1. The highest BCUT2D eigenvalue weighted by atomic mass is 16.5. The van der Waals surface area contributed by atoms with Crippen LogP contribution in [0.1, 0.15) is 24.8 Å². The third-order valence-electron chi connectivity index (χ3n) is 3.45. The molecule has 0 amide bonds. The molecule has 1 aromatic rings. The van der Waals surface area contributed by atoms with Crippen LogP contribution in [0.5, 0.6) is 5.75 Å². The van der Waals surface area contributed by atoms with Crippen molar-refractivity contribution < 1.29 is 4.74 Å². The van der Waals surface area contributed by atoms with Gasteiger partial charge in [-0.05, 0) is 37.5 Å². The normalized spacial score (nSPS) is 22.7. The van der Waals surface area contributed by atoms with Gasteiger partial charge in [0.15, 0.2) is 0 Å².